The summed E-state index contributed by atoms with van der Waals surface area (Å²) in [6.45, 7) is 4.36. The van der Waals surface area contributed by atoms with Crippen LogP contribution in [0.1, 0.15) is 140 Å². The highest BCUT2D eigenvalue weighted by molar-refractivity contribution is 5.53. The van der Waals surface area contributed by atoms with Crippen molar-refractivity contribution >= 4 is 0 Å². The molecule has 3 atom stereocenters. The van der Waals surface area contributed by atoms with E-state index in [2.05, 4.69) is 13.8 Å². The van der Waals surface area contributed by atoms with Gasteiger partial charge in [-0.1, -0.05) is 213 Å². The second-order valence-electron chi connectivity index (χ2n) is 13.3. The van der Waals surface area contributed by atoms with Crippen LogP contribution in [-0.4, -0.2) is 33.1 Å². The molecule has 0 fully saturated rings. The summed E-state index contributed by atoms with van der Waals surface area (Å²) in [6, 6.07) is 29.8. The molecule has 0 aliphatic rings. The Hall–Kier alpha value is -2.72. The van der Waals surface area contributed by atoms with Crippen LogP contribution >= 0.6 is 0 Å². The summed E-state index contributed by atoms with van der Waals surface area (Å²) in [5, 5.41) is 36.9. The van der Waals surface area contributed by atoms with Crippen LogP contribution in [0.4, 0.5) is 0 Å². The highest BCUT2D eigenvalue weighted by atomic mass is 16.4. The highest BCUT2D eigenvalue weighted by Crippen LogP contribution is 2.47. The lowest BCUT2D eigenvalue weighted by Crippen LogP contribution is -2.60. The summed E-state index contributed by atoms with van der Waals surface area (Å²) in [7, 11) is 0. The molecule has 0 heterocycles. The minimum Gasteiger partial charge on any atom is -0.390 e. The molecular formula is C43H62O3. The smallest absolute Gasteiger partial charge is 0.136 e. The van der Waals surface area contributed by atoms with Crippen LogP contribution in [0, 0.1) is 0 Å². The van der Waals surface area contributed by atoms with Gasteiger partial charge in [0, 0.05) is 0 Å². The minimum atomic E-state index is -1.87. The molecule has 3 heteroatoms. The molecule has 0 aliphatic carbocycles. The van der Waals surface area contributed by atoms with Crippen molar-refractivity contribution in [3.8, 4) is 0 Å². The summed E-state index contributed by atoms with van der Waals surface area (Å²) in [4.78, 5) is 0. The fourth-order valence-corrected chi connectivity index (χ4v) is 7.01. The number of rotatable bonds is 24. The van der Waals surface area contributed by atoms with Gasteiger partial charge in [0.05, 0.1) is 11.5 Å². The van der Waals surface area contributed by atoms with Gasteiger partial charge < -0.3 is 15.3 Å². The largest absolute Gasteiger partial charge is 0.390 e. The molecule has 0 saturated heterocycles. The first-order valence-corrected chi connectivity index (χ1v) is 18.4. The number of hydrogen-bond acceptors (Lipinski definition) is 3. The molecule has 0 bridgehead atoms. The molecule has 46 heavy (non-hydrogen) atoms. The summed E-state index contributed by atoms with van der Waals surface area (Å²) < 4.78 is 0. The number of unbranched alkanes of at least 4 members (excludes halogenated alkanes) is 14. The number of benzene rings is 3. The Balaban J connectivity index is 1.72. The Morgan fingerprint density at radius 3 is 1.26 bits per heavy atom. The van der Waals surface area contributed by atoms with E-state index in [9.17, 15) is 15.3 Å². The molecule has 3 aromatic rings. The monoisotopic (exact) mass is 626 g/mol. The van der Waals surface area contributed by atoms with E-state index in [1.54, 1.807) is 6.08 Å². The van der Waals surface area contributed by atoms with Crippen molar-refractivity contribution in [1.29, 1.82) is 0 Å². The molecule has 0 aromatic heterocycles. The van der Waals surface area contributed by atoms with Crippen molar-refractivity contribution in [3.63, 3.8) is 0 Å². The van der Waals surface area contributed by atoms with Gasteiger partial charge in [-0.05, 0) is 29.5 Å². The zero-order chi connectivity index (χ0) is 32.9. The zero-order valence-corrected chi connectivity index (χ0v) is 28.8. The van der Waals surface area contributed by atoms with E-state index in [0.717, 1.165) is 48.8 Å². The SMILES string of the molecule is CCC/C=C/[C@@](O)([C@H](O)CCCCCCCCCCCCCCCC)[C@H](O)C(c1ccccc1)(c1ccccc1)c1ccccc1. The Morgan fingerprint density at radius 2 is 0.891 bits per heavy atom. The lowest BCUT2D eigenvalue weighted by molar-refractivity contribution is -0.132. The van der Waals surface area contributed by atoms with E-state index in [-0.39, 0.29) is 0 Å². The van der Waals surface area contributed by atoms with Gasteiger partial charge in [-0.25, -0.2) is 0 Å². The molecule has 0 spiro atoms. The quantitative estimate of drug-likeness (QED) is 0.0527. The number of allylic oxidation sites excluding steroid dienone is 1. The van der Waals surface area contributed by atoms with Gasteiger partial charge in [0.25, 0.3) is 0 Å². The van der Waals surface area contributed by atoms with Gasteiger partial charge >= 0.3 is 0 Å². The van der Waals surface area contributed by atoms with Crippen LogP contribution in [0.5, 0.6) is 0 Å². The van der Waals surface area contributed by atoms with Crippen molar-refractivity contribution in [3.05, 3.63) is 120 Å². The molecule has 3 aromatic carbocycles. The molecule has 0 aliphatic heterocycles. The van der Waals surface area contributed by atoms with E-state index in [0.29, 0.717) is 6.42 Å². The van der Waals surface area contributed by atoms with Gasteiger partial charge in [-0.3, -0.25) is 0 Å². The third-order valence-electron chi connectivity index (χ3n) is 9.74. The van der Waals surface area contributed by atoms with E-state index in [4.69, 9.17) is 0 Å². The summed E-state index contributed by atoms with van der Waals surface area (Å²) in [6.07, 6.45) is 20.9. The van der Waals surface area contributed by atoms with Gasteiger partial charge in [0.15, 0.2) is 0 Å². The van der Waals surface area contributed by atoms with Crippen LogP contribution in [0.25, 0.3) is 0 Å². The van der Waals surface area contributed by atoms with Crippen LogP contribution in [0.15, 0.2) is 103 Å². The second kappa shape index (κ2) is 21.2. The Bertz CT molecular complexity index is 1100. The summed E-state index contributed by atoms with van der Waals surface area (Å²) in [5.41, 5.74) is -0.388. The number of aliphatic hydroxyl groups excluding tert-OH is 2. The van der Waals surface area contributed by atoms with Crippen LogP contribution in [0.3, 0.4) is 0 Å². The first-order chi connectivity index (χ1) is 22.5. The number of aliphatic hydroxyl groups is 3. The fourth-order valence-electron chi connectivity index (χ4n) is 7.01. The summed E-state index contributed by atoms with van der Waals surface area (Å²) >= 11 is 0. The Kier molecular flexibility index (Phi) is 17.4. The molecule has 3 N–H and O–H groups in total. The van der Waals surface area contributed by atoms with E-state index >= 15 is 0 Å². The van der Waals surface area contributed by atoms with Gasteiger partial charge in [0.1, 0.15) is 11.7 Å². The van der Waals surface area contributed by atoms with E-state index in [1.807, 2.05) is 97.1 Å². The van der Waals surface area contributed by atoms with E-state index < -0.39 is 23.2 Å². The average Bonchev–Trinajstić information content (AvgIpc) is 3.10. The van der Waals surface area contributed by atoms with Crippen LogP contribution in [-0.2, 0) is 5.41 Å². The molecular weight excluding hydrogens is 564 g/mol. The molecule has 3 rings (SSSR count). The Morgan fingerprint density at radius 1 is 0.522 bits per heavy atom. The normalized spacial score (nSPS) is 14.7. The Labute approximate surface area is 280 Å². The predicted octanol–water partition coefficient (Wildman–Crippen LogP) is 10.7. The first-order valence-electron chi connectivity index (χ1n) is 18.4. The lowest BCUT2D eigenvalue weighted by Gasteiger charge is -2.47. The molecule has 0 saturated carbocycles. The first kappa shape index (κ1) is 37.7. The van der Waals surface area contributed by atoms with Crippen molar-refractivity contribution < 1.29 is 15.3 Å². The molecule has 0 amide bonds. The van der Waals surface area contributed by atoms with Gasteiger partial charge in [-0.15, -0.1) is 0 Å². The fraction of sp³-hybridized carbons (Fsp3) is 0.535. The highest BCUT2D eigenvalue weighted by Gasteiger charge is 2.54. The van der Waals surface area contributed by atoms with Crippen molar-refractivity contribution in [1.82, 2.24) is 0 Å². The van der Waals surface area contributed by atoms with E-state index in [1.165, 1.54) is 70.6 Å². The van der Waals surface area contributed by atoms with Crippen molar-refractivity contribution in [2.24, 2.45) is 0 Å². The zero-order valence-electron chi connectivity index (χ0n) is 28.8. The van der Waals surface area contributed by atoms with Gasteiger partial charge in [-0.2, -0.15) is 0 Å². The molecule has 3 nitrogen and oxygen atoms in total. The average molecular weight is 627 g/mol. The standard InChI is InChI=1S/C43H62O3/c1-3-5-7-8-9-10-11-12-13-14-15-16-17-27-35-40(44)42(46,36-28-6-4-2)41(45)43(37-29-21-18-22-30-37,38-31-23-19-24-32-38)39-33-25-20-26-34-39/h18-26,28-34,36,40-41,44-46H,3-17,27,35H2,1-2H3/b36-28+/t40-,41+,42-/m1/s1. The molecule has 0 radical (unpaired) electrons. The second-order valence-corrected chi connectivity index (χ2v) is 13.3. The summed E-state index contributed by atoms with van der Waals surface area (Å²) in [5.74, 6) is 0. The minimum absolute atomic E-state index is 0.427. The maximum Gasteiger partial charge on any atom is 0.136 e. The van der Waals surface area contributed by atoms with Crippen molar-refractivity contribution in [2.45, 2.75) is 146 Å². The number of hydrogen-bond donors (Lipinski definition) is 3. The van der Waals surface area contributed by atoms with Crippen LogP contribution in [0.2, 0.25) is 0 Å². The third-order valence-corrected chi connectivity index (χ3v) is 9.74. The molecule has 252 valence electrons. The van der Waals surface area contributed by atoms with Crippen molar-refractivity contribution in [2.75, 3.05) is 0 Å². The maximum absolute atomic E-state index is 12.7. The van der Waals surface area contributed by atoms with Crippen LogP contribution < -0.4 is 0 Å². The predicted molar refractivity (Wildman–Crippen MR) is 195 cm³/mol. The lowest BCUT2D eigenvalue weighted by atomic mass is 9.60. The molecule has 0 unspecified atom stereocenters. The maximum atomic E-state index is 12.7. The van der Waals surface area contributed by atoms with Gasteiger partial charge in [0.2, 0.25) is 0 Å². The topological polar surface area (TPSA) is 60.7 Å². The third kappa shape index (κ3) is 10.7.